The average Bonchev–Trinajstić information content (AvgIpc) is 2.91. The van der Waals surface area contributed by atoms with Crippen molar-refractivity contribution in [3.8, 4) is 0 Å². The van der Waals surface area contributed by atoms with E-state index >= 15 is 0 Å². The molecular weight excluding hydrogens is 202 g/mol. The highest BCUT2D eigenvalue weighted by atomic mass is 16.2. The lowest BCUT2D eigenvalue weighted by molar-refractivity contribution is -0.125. The van der Waals surface area contributed by atoms with E-state index in [4.69, 9.17) is 0 Å². The van der Waals surface area contributed by atoms with Crippen LogP contribution in [0.25, 0.3) is 6.08 Å². The number of rotatable bonds is 2. The summed E-state index contributed by atoms with van der Waals surface area (Å²) in [6, 6.07) is 0. The van der Waals surface area contributed by atoms with Gasteiger partial charge in [-0.05, 0) is 25.6 Å². The maximum atomic E-state index is 10.7. The summed E-state index contributed by atoms with van der Waals surface area (Å²) < 4.78 is 0. The van der Waals surface area contributed by atoms with Crippen LogP contribution in [-0.4, -0.2) is 27.3 Å². The molecule has 0 aliphatic carbocycles. The first-order valence-electron chi connectivity index (χ1n) is 5.32. The Hall–Kier alpha value is -1.84. The van der Waals surface area contributed by atoms with Crippen LogP contribution in [0.4, 0.5) is 0 Å². The van der Waals surface area contributed by atoms with E-state index < -0.39 is 0 Å². The van der Waals surface area contributed by atoms with Crippen LogP contribution < -0.4 is 0 Å². The molecule has 0 bridgehead atoms. The van der Waals surface area contributed by atoms with Gasteiger partial charge in [0.05, 0.1) is 0 Å². The van der Waals surface area contributed by atoms with Crippen molar-refractivity contribution < 1.29 is 4.79 Å². The molecule has 0 radical (unpaired) electrons. The zero-order chi connectivity index (χ0) is 11.8. The molecule has 2 heterocycles. The number of nitrogens with zero attached hydrogens (tertiary/aromatic N) is 2. The number of likely N-dealkylation sites (tertiary alicyclic amines) is 1. The van der Waals surface area contributed by atoms with Crippen molar-refractivity contribution in [3.63, 3.8) is 0 Å². The third-order valence-electron chi connectivity index (χ3n) is 2.17. The largest absolute Gasteiger partial charge is 0.345 e. The van der Waals surface area contributed by atoms with Gasteiger partial charge in [0, 0.05) is 25.4 Å². The summed E-state index contributed by atoms with van der Waals surface area (Å²) in [6.07, 6.45) is 10.7. The summed E-state index contributed by atoms with van der Waals surface area (Å²) in [4.78, 5) is 19.2. The Morgan fingerprint density at radius 3 is 2.81 bits per heavy atom. The molecule has 1 amide bonds. The monoisotopic (exact) mass is 219 g/mol. The van der Waals surface area contributed by atoms with Gasteiger partial charge in [-0.1, -0.05) is 12.7 Å². The van der Waals surface area contributed by atoms with Crippen molar-refractivity contribution in [1.29, 1.82) is 0 Å². The van der Waals surface area contributed by atoms with Gasteiger partial charge in [0.15, 0.2) is 0 Å². The zero-order valence-electron chi connectivity index (χ0n) is 9.52. The predicted octanol–water partition coefficient (Wildman–Crippen LogP) is 2.20. The first-order valence-corrected chi connectivity index (χ1v) is 5.32. The summed E-state index contributed by atoms with van der Waals surface area (Å²) in [6.45, 7) is 6.32. The van der Waals surface area contributed by atoms with Crippen LogP contribution in [-0.2, 0) is 4.79 Å². The van der Waals surface area contributed by atoms with Gasteiger partial charge in [-0.15, -0.1) is 0 Å². The van der Waals surface area contributed by atoms with Crippen LogP contribution in [0, 0.1) is 0 Å². The van der Waals surface area contributed by atoms with Gasteiger partial charge < -0.3 is 9.88 Å². The highest BCUT2D eigenvalue weighted by molar-refractivity contribution is 5.78. The van der Waals surface area contributed by atoms with Gasteiger partial charge in [0.2, 0.25) is 5.91 Å². The molecule has 0 aromatic carbocycles. The van der Waals surface area contributed by atoms with Gasteiger partial charge in [0.25, 0.3) is 0 Å². The number of nitrogens with one attached hydrogen (secondary N) is 1. The van der Waals surface area contributed by atoms with E-state index in [0.29, 0.717) is 6.42 Å². The lowest BCUT2D eigenvalue weighted by Crippen LogP contribution is -2.16. The predicted molar refractivity (Wildman–Crippen MR) is 64.4 cm³/mol. The molecule has 1 N–H and O–H groups in total. The number of hydrogen-bond acceptors (Lipinski definition) is 2. The topological polar surface area (TPSA) is 49.0 Å². The molecule has 0 saturated carbocycles. The van der Waals surface area contributed by atoms with E-state index in [9.17, 15) is 4.79 Å². The van der Waals surface area contributed by atoms with Gasteiger partial charge in [-0.2, -0.15) is 0 Å². The molecule has 0 unspecified atom stereocenters. The minimum Gasteiger partial charge on any atom is -0.345 e. The van der Waals surface area contributed by atoms with E-state index in [0.717, 1.165) is 18.8 Å². The van der Waals surface area contributed by atoms with E-state index in [1.807, 2.05) is 19.1 Å². The van der Waals surface area contributed by atoms with Gasteiger partial charge in [-0.25, -0.2) is 4.98 Å². The molecule has 1 saturated heterocycles. The number of carbonyl (C=O) groups is 1. The molecule has 4 nitrogen and oxygen atoms in total. The standard InChI is InChI=1S/C6H8N2.C6H9NO/c1-2-3-6-7-4-5-8-6;1-2-7-5-3-4-6(7)8/h2-5H,1H3,(H,7,8);2H,1,3-5H2. The number of hydrogen-bond donors (Lipinski definition) is 1. The average molecular weight is 219 g/mol. The molecule has 0 atom stereocenters. The number of carbonyl (C=O) groups excluding carboxylic acids is 1. The quantitative estimate of drug-likeness (QED) is 0.829. The number of amides is 1. The number of aromatic nitrogens is 2. The Morgan fingerprint density at radius 1 is 1.62 bits per heavy atom. The fraction of sp³-hybridized carbons (Fsp3) is 0.333. The normalized spacial score (nSPS) is 15.1. The van der Waals surface area contributed by atoms with Crippen molar-refractivity contribution in [2.45, 2.75) is 19.8 Å². The van der Waals surface area contributed by atoms with Crippen LogP contribution >= 0.6 is 0 Å². The number of H-pyrrole nitrogens is 1. The van der Waals surface area contributed by atoms with Crippen molar-refractivity contribution in [3.05, 3.63) is 37.1 Å². The maximum absolute atomic E-state index is 10.7. The molecule has 86 valence electrons. The van der Waals surface area contributed by atoms with E-state index in [1.54, 1.807) is 23.5 Å². The lowest BCUT2D eigenvalue weighted by atomic mass is 10.4. The molecule has 1 aliphatic rings. The summed E-state index contributed by atoms with van der Waals surface area (Å²) in [7, 11) is 0. The van der Waals surface area contributed by atoms with Crippen LogP contribution in [0.5, 0.6) is 0 Å². The second-order valence-corrected chi connectivity index (χ2v) is 3.35. The minimum atomic E-state index is 0.208. The highest BCUT2D eigenvalue weighted by Gasteiger charge is 2.15. The summed E-state index contributed by atoms with van der Waals surface area (Å²) >= 11 is 0. The molecule has 2 rings (SSSR count). The first kappa shape index (κ1) is 12.2. The fourth-order valence-corrected chi connectivity index (χ4v) is 1.39. The fourth-order valence-electron chi connectivity index (χ4n) is 1.39. The SMILES string of the molecule is C=CN1CCCC1=O.CC=Cc1ncc[nH]1. The van der Waals surface area contributed by atoms with E-state index in [1.165, 1.54) is 0 Å². The number of allylic oxidation sites excluding steroid dienone is 1. The van der Waals surface area contributed by atoms with E-state index in [2.05, 4.69) is 16.5 Å². The Labute approximate surface area is 95.7 Å². The molecular formula is C12H17N3O. The van der Waals surface area contributed by atoms with Crippen LogP contribution in [0.2, 0.25) is 0 Å². The summed E-state index contributed by atoms with van der Waals surface area (Å²) in [5.41, 5.74) is 0. The van der Waals surface area contributed by atoms with Crippen LogP contribution in [0.3, 0.4) is 0 Å². The molecule has 1 aromatic rings. The van der Waals surface area contributed by atoms with Gasteiger partial charge in [0.1, 0.15) is 5.82 Å². The number of imidazole rings is 1. The van der Waals surface area contributed by atoms with Crippen molar-refractivity contribution in [1.82, 2.24) is 14.9 Å². The zero-order valence-corrected chi connectivity index (χ0v) is 9.52. The highest BCUT2D eigenvalue weighted by Crippen LogP contribution is 2.08. The molecule has 1 aromatic heterocycles. The second-order valence-electron chi connectivity index (χ2n) is 3.35. The third kappa shape index (κ3) is 3.73. The number of aromatic amines is 1. The molecule has 16 heavy (non-hydrogen) atoms. The smallest absolute Gasteiger partial charge is 0.226 e. The Balaban J connectivity index is 0.000000160. The van der Waals surface area contributed by atoms with Crippen molar-refractivity contribution in [2.75, 3.05) is 6.54 Å². The Bertz CT molecular complexity index is 354. The summed E-state index contributed by atoms with van der Waals surface area (Å²) in [5.74, 6) is 1.12. The molecule has 1 fully saturated rings. The minimum absolute atomic E-state index is 0.208. The maximum Gasteiger partial charge on any atom is 0.226 e. The second kappa shape index (κ2) is 6.61. The van der Waals surface area contributed by atoms with E-state index in [-0.39, 0.29) is 5.91 Å². The Kier molecular flexibility index (Phi) is 5.05. The van der Waals surface area contributed by atoms with Gasteiger partial charge in [-0.3, -0.25) is 4.79 Å². The van der Waals surface area contributed by atoms with Crippen molar-refractivity contribution >= 4 is 12.0 Å². The van der Waals surface area contributed by atoms with Crippen LogP contribution in [0.1, 0.15) is 25.6 Å². The first-order chi connectivity index (χ1) is 7.77. The lowest BCUT2D eigenvalue weighted by Gasteiger charge is -2.05. The molecule has 1 aliphatic heterocycles. The van der Waals surface area contributed by atoms with Gasteiger partial charge >= 0.3 is 0 Å². The van der Waals surface area contributed by atoms with Crippen LogP contribution in [0.15, 0.2) is 31.2 Å². The Morgan fingerprint density at radius 2 is 2.44 bits per heavy atom. The van der Waals surface area contributed by atoms with Crippen molar-refractivity contribution in [2.24, 2.45) is 0 Å². The third-order valence-corrected chi connectivity index (χ3v) is 2.17. The molecule has 0 spiro atoms. The molecule has 4 heteroatoms. The summed E-state index contributed by atoms with van der Waals surface area (Å²) in [5, 5.41) is 0.